The fourth-order valence-electron chi connectivity index (χ4n) is 2.87. The molecule has 4 nitrogen and oxygen atoms in total. The number of benzene rings is 3. The number of phenolic OH excluding ortho intramolecular Hbond substituents is 1. The highest BCUT2D eigenvalue weighted by molar-refractivity contribution is 7.07. The molecule has 0 unspecified atom stereocenters. The summed E-state index contributed by atoms with van der Waals surface area (Å²) in [5, 5.41) is 20.2. The van der Waals surface area contributed by atoms with Crippen molar-refractivity contribution in [2.45, 2.75) is 6.54 Å². The van der Waals surface area contributed by atoms with Gasteiger partial charge in [-0.05, 0) is 41.0 Å². The molecule has 0 saturated carbocycles. The number of phenols is 1. The fraction of sp³-hybridized carbons (Fsp3) is 0.0435. The predicted molar refractivity (Wildman–Crippen MR) is 115 cm³/mol. The van der Waals surface area contributed by atoms with E-state index in [4.69, 9.17) is 0 Å². The number of aromatic nitrogens is 1. The molecule has 0 aliphatic heterocycles. The minimum absolute atomic E-state index is 0.237. The lowest BCUT2D eigenvalue weighted by molar-refractivity contribution is 0.475. The summed E-state index contributed by atoms with van der Waals surface area (Å²) in [7, 11) is 0. The van der Waals surface area contributed by atoms with Crippen molar-refractivity contribution in [2.75, 3.05) is 0 Å². The Kier molecular flexibility index (Phi) is 5.45. The van der Waals surface area contributed by atoms with Crippen molar-refractivity contribution >= 4 is 17.6 Å². The van der Waals surface area contributed by atoms with Crippen molar-refractivity contribution in [1.29, 1.82) is 0 Å². The highest BCUT2D eigenvalue weighted by Crippen LogP contribution is 2.20. The maximum Gasteiger partial charge on any atom is 0.211 e. The van der Waals surface area contributed by atoms with Gasteiger partial charge in [0, 0.05) is 5.38 Å². The van der Waals surface area contributed by atoms with Crippen molar-refractivity contribution in [2.24, 2.45) is 10.2 Å². The van der Waals surface area contributed by atoms with Gasteiger partial charge in [-0.2, -0.15) is 5.10 Å². The smallest absolute Gasteiger partial charge is 0.211 e. The molecule has 1 heterocycles. The summed E-state index contributed by atoms with van der Waals surface area (Å²) in [6, 6.07) is 27.5. The first kappa shape index (κ1) is 17.9. The molecule has 1 N–H and O–H groups in total. The minimum atomic E-state index is 0.237. The minimum Gasteiger partial charge on any atom is -0.508 e. The van der Waals surface area contributed by atoms with E-state index in [0.717, 1.165) is 28.2 Å². The summed E-state index contributed by atoms with van der Waals surface area (Å²) < 4.78 is 2.18. The molecule has 28 heavy (non-hydrogen) atoms. The highest BCUT2D eigenvalue weighted by Gasteiger charge is 2.08. The van der Waals surface area contributed by atoms with Gasteiger partial charge in [0.25, 0.3) is 0 Å². The van der Waals surface area contributed by atoms with Crippen LogP contribution < -0.4 is 4.80 Å². The average molecular weight is 385 g/mol. The van der Waals surface area contributed by atoms with E-state index >= 15 is 0 Å². The first-order valence-electron chi connectivity index (χ1n) is 8.93. The van der Waals surface area contributed by atoms with Crippen LogP contribution in [0.3, 0.4) is 0 Å². The molecule has 0 radical (unpaired) electrons. The Morgan fingerprint density at radius 3 is 2.25 bits per heavy atom. The van der Waals surface area contributed by atoms with E-state index in [9.17, 15) is 5.11 Å². The van der Waals surface area contributed by atoms with Gasteiger partial charge in [0.2, 0.25) is 4.80 Å². The van der Waals surface area contributed by atoms with Crippen LogP contribution in [0.2, 0.25) is 0 Å². The number of nitrogens with zero attached hydrogens (tertiary/aromatic N) is 3. The van der Waals surface area contributed by atoms with Gasteiger partial charge >= 0.3 is 0 Å². The largest absolute Gasteiger partial charge is 0.508 e. The zero-order valence-corrected chi connectivity index (χ0v) is 16.0. The highest BCUT2D eigenvalue weighted by atomic mass is 32.1. The summed E-state index contributed by atoms with van der Waals surface area (Å²) in [5.41, 5.74) is 4.37. The van der Waals surface area contributed by atoms with Gasteiger partial charge in [0.1, 0.15) is 5.75 Å². The maximum atomic E-state index is 9.38. The zero-order valence-electron chi connectivity index (χ0n) is 15.1. The van der Waals surface area contributed by atoms with Crippen LogP contribution in [0.15, 0.2) is 101 Å². The van der Waals surface area contributed by atoms with Crippen molar-refractivity contribution in [1.82, 2.24) is 4.57 Å². The van der Waals surface area contributed by atoms with Crippen LogP contribution in [-0.4, -0.2) is 15.9 Å². The van der Waals surface area contributed by atoms with Gasteiger partial charge in [-0.3, -0.25) is 0 Å². The third-order valence-corrected chi connectivity index (χ3v) is 5.15. The molecule has 4 aromatic rings. The molecule has 1 aromatic heterocycles. The summed E-state index contributed by atoms with van der Waals surface area (Å²) in [4.78, 5) is 0.831. The van der Waals surface area contributed by atoms with E-state index < -0.39 is 0 Å². The molecule has 3 aromatic carbocycles. The first-order valence-corrected chi connectivity index (χ1v) is 9.81. The number of thiazole rings is 1. The Bertz CT molecular complexity index is 1130. The number of hydrogen-bond donors (Lipinski definition) is 1. The standard InChI is InChI=1S/C23H19N3OS/c27-21-13-11-18(12-14-21)15-24-25-23-26(16-19-7-3-1-4-8-19)22(17-28-23)20-9-5-2-6-10-20/h1-15,17,27H,16H2/b24-15+,25-23?. The van der Waals surface area contributed by atoms with Crippen LogP contribution in [-0.2, 0) is 6.54 Å². The van der Waals surface area contributed by atoms with Crippen LogP contribution in [0.5, 0.6) is 5.75 Å². The normalized spacial score (nSPS) is 11.9. The van der Waals surface area contributed by atoms with Crippen molar-refractivity contribution in [3.63, 3.8) is 0 Å². The lowest BCUT2D eigenvalue weighted by atomic mass is 10.1. The van der Waals surface area contributed by atoms with E-state index in [1.807, 2.05) is 36.4 Å². The third-order valence-electron chi connectivity index (χ3n) is 4.29. The van der Waals surface area contributed by atoms with Crippen LogP contribution in [0.25, 0.3) is 11.3 Å². The Labute approximate surface area is 167 Å². The molecule has 0 aliphatic carbocycles. The molecule has 0 fully saturated rings. The Hall–Kier alpha value is -3.44. The lowest BCUT2D eigenvalue weighted by Gasteiger charge is -2.09. The van der Waals surface area contributed by atoms with E-state index in [-0.39, 0.29) is 5.75 Å². The van der Waals surface area contributed by atoms with Crippen molar-refractivity contribution in [3.8, 4) is 17.0 Å². The van der Waals surface area contributed by atoms with Crippen LogP contribution in [0.4, 0.5) is 0 Å². The van der Waals surface area contributed by atoms with Crippen molar-refractivity contribution < 1.29 is 5.11 Å². The second-order valence-corrected chi connectivity index (χ2v) is 7.11. The molecule has 0 atom stereocenters. The molecule has 0 spiro atoms. The van der Waals surface area contributed by atoms with E-state index in [2.05, 4.69) is 44.4 Å². The van der Waals surface area contributed by atoms with Gasteiger partial charge in [0.05, 0.1) is 18.5 Å². The first-order chi connectivity index (χ1) is 13.8. The van der Waals surface area contributed by atoms with Gasteiger partial charge in [0.15, 0.2) is 0 Å². The van der Waals surface area contributed by atoms with Crippen molar-refractivity contribution in [3.05, 3.63) is 106 Å². The lowest BCUT2D eigenvalue weighted by Crippen LogP contribution is -2.16. The van der Waals surface area contributed by atoms with Crippen LogP contribution >= 0.6 is 11.3 Å². The SMILES string of the molecule is Oc1ccc(/C=N/N=c2scc(-c3ccccc3)n2Cc2ccccc2)cc1. The van der Waals surface area contributed by atoms with Gasteiger partial charge in [-0.15, -0.1) is 16.4 Å². The summed E-state index contributed by atoms with van der Waals surface area (Å²) in [6.45, 7) is 0.724. The van der Waals surface area contributed by atoms with Gasteiger partial charge in [-0.25, -0.2) is 0 Å². The van der Waals surface area contributed by atoms with E-state index in [0.29, 0.717) is 0 Å². The summed E-state index contributed by atoms with van der Waals surface area (Å²) in [6.07, 6.45) is 1.69. The Morgan fingerprint density at radius 2 is 1.54 bits per heavy atom. The second kappa shape index (κ2) is 8.50. The molecule has 0 aliphatic rings. The molecule has 0 saturated heterocycles. The fourth-order valence-corrected chi connectivity index (χ4v) is 3.74. The Morgan fingerprint density at radius 1 is 0.857 bits per heavy atom. The molecule has 0 amide bonds. The van der Waals surface area contributed by atoms with Crippen LogP contribution in [0.1, 0.15) is 11.1 Å². The summed E-state index contributed by atoms with van der Waals surface area (Å²) >= 11 is 1.57. The molecule has 4 rings (SSSR count). The van der Waals surface area contributed by atoms with Crippen LogP contribution in [0, 0.1) is 0 Å². The van der Waals surface area contributed by atoms with Gasteiger partial charge < -0.3 is 9.67 Å². The topological polar surface area (TPSA) is 49.9 Å². The number of hydrogen-bond acceptors (Lipinski definition) is 4. The van der Waals surface area contributed by atoms with E-state index in [1.54, 1.807) is 41.8 Å². The van der Waals surface area contributed by atoms with E-state index in [1.165, 1.54) is 5.56 Å². The molecule has 0 bridgehead atoms. The quantitative estimate of drug-likeness (QED) is 0.385. The third kappa shape index (κ3) is 4.27. The van der Waals surface area contributed by atoms with Gasteiger partial charge in [-0.1, -0.05) is 60.7 Å². The molecular formula is C23H19N3OS. The number of rotatable bonds is 5. The molecule has 5 heteroatoms. The summed E-state index contributed by atoms with van der Waals surface area (Å²) in [5.74, 6) is 0.237. The predicted octanol–water partition coefficient (Wildman–Crippen LogP) is 4.91. The molecular weight excluding hydrogens is 366 g/mol. The zero-order chi connectivity index (χ0) is 19.2. The average Bonchev–Trinajstić information content (AvgIpc) is 3.13. The Balaban J connectivity index is 1.72. The monoisotopic (exact) mass is 385 g/mol. The number of aromatic hydroxyl groups is 1. The molecule has 138 valence electrons. The second-order valence-electron chi connectivity index (χ2n) is 6.28. The maximum absolute atomic E-state index is 9.38.